The molecule has 0 bridgehead atoms. The summed E-state index contributed by atoms with van der Waals surface area (Å²) in [6.07, 6.45) is 0. The van der Waals surface area contributed by atoms with E-state index in [-0.39, 0.29) is 27.6 Å². The Balaban J connectivity index is 1.49. The molecule has 8 aromatic carbocycles. The molecule has 8 aromatic rings. The van der Waals surface area contributed by atoms with Gasteiger partial charge in [-0.1, -0.05) is 84.9 Å². The number of rotatable bonds is 3. The van der Waals surface area contributed by atoms with Gasteiger partial charge in [0.1, 0.15) is 5.75 Å². The van der Waals surface area contributed by atoms with Crippen molar-refractivity contribution in [3.05, 3.63) is 102 Å². The molecular weight excluding hydrogens is 660 g/mol. The van der Waals surface area contributed by atoms with Gasteiger partial charge in [-0.2, -0.15) is 0 Å². The van der Waals surface area contributed by atoms with Crippen LogP contribution in [0.5, 0.6) is 51.7 Å². The Labute approximate surface area is 296 Å². The standard InChI is InChI=1S/C43H32O9/c1-18-19(2)30-33(41(50)43(52)42(51)38(30)47)37(46)29(18)23-16-8-15-22-21(23)14-9-17-24(22)31-25-10-4-6-12-27(25)32(28-13-7-5-11-26(28)31)34-39(48)35(44)20(3)36(45)40(34)49/h4-17,44-52H,1-3H3. The maximum Gasteiger partial charge on any atom is 0.205 e. The molecule has 0 radical (unpaired) electrons. The van der Waals surface area contributed by atoms with Crippen molar-refractivity contribution < 1.29 is 46.0 Å². The summed E-state index contributed by atoms with van der Waals surface area (Å²) in [5.74, 6) is -5.85. The number of aromatic hydroxyl groups is 9. The lowest BCUT2D eigenvalue weighted by Crippen LogP contribution is -1.95. The van der Waals surface area contributed by atoms with E-state index in [9.17, 15) is 46.0 Å². The second kappa shape index (κ2) is 11.3. The minimum Gasteiger partial charge on any atom is -0.506 e. The van der Waals surface area contributed by atoms with Crippen molar-refractivity contribution in [2.45, 2.75) is 20.8 Å². The highest BCUT2D eigenvalue weighted by Crippen LogP contribution is 2.57. The number of hydrogen-bond donors (Lipinski definition) is 9. The molecule has 0 aromatic heterocycles. The van der Waals surface area contributed by atoms with Crippen LogP contribution < -0.4 is 0 Å². The van der Waals surface area contributed by atoms with Gasteiger partial charge in [0.25, 0.3) is 0 Å². The zero-order valence-electron chi connectivity index (χ0n) is 28.1. The van der Waals surface area contributed by atoms with Gasteiger partial charge in [-0.25, -0.2) is 0 Å². The summed E-state index contributed by atoms with van der Waals surface area (Å²) >= 11 is 0. The second-order valence-electron chi connectivity index (χ2n) is 13.1. The first kappa shape index (κ1) is 32.2. The minimum atomic E-state index is -0.949. The Kier molecular flexibility index (Phi) is 6.98. The Morgan fingerprint density at radius 2 is 0.673 bits per heavy atom. The molecule has 8 rings (SSSR count). The molecule has 0 atom stereocenters. The predicted molar refractivity (Wildman–Crippen MR) is 202 cm³/mol. The first-order valence-corrected chi connectivity index (χ1v) is 16.4. The number of phenols is 9. The maximum absolute atomic E-state index is 11.8. The summed E-state index contributed by atoms with van der Waals surface area (Å²) in [5.41, 5.74) is 3.93. The Hall–Kier alpha value is -7.00. The largest absolute Gasteiger partial charge is 0.506 e. The van der Waals surface area contributed by atoms with Gasteiger partial charge in [-0.15, -0.1) is 0 Å². The third kappa shape index (κ3) is 4.16. The molecular formula is C43H32O9. The fourth-order valence-electron chi connectivity index (χ4n) is 7.79. The smallest absolute Gasteiger partial charge is 0.205 e. The monoisotopic (exact) mass is 692 g/mol. The van der Waals surface area contributed by atoms with Crippen LogP contribution in [-0.2, 0) is 0 Å². The Morgan fingerprint density at radius 3 is 1.15 bits per heavy atom. The van der Waals surface area contributed by atoms with E-state index in [1.54, 1.807) is 13.8 Å². The quantitative estimate of drug-likeness (QED) is 0.0495. The Morgan fingerprint density at radius 1 is 0.269 bits per heavy atom. The summed E-state index contributed by atoms with van der Waals surface area (Å²) in [5, 5.41) is 102. The molecule has 0 saturated carbocycles. The van der Waals surface area contributed by atoms with E-state index in [4.69, 9.17) is 0 Å². The van der Waals surface area contributed by atoms with E-state index in [1.165, 1.54) is 6.92 Å². The van der Waals surface area contributed by atoms with Crippen LogP contribution in [0.2, 0.25) is 0 Å². The molecule has 0 aliphatic heterocycles. The lowest BCUT2D eigenvalue weighted by Gasteiger charge is -2.22. The van der Waals surface area contributed by atoms with Crippen LogP contribution in [0.3, 0.4) is 0 Å². The van der Waals surface area contributed by atoms with Crippen molar-refractivity contribution in [3.63, 3.8) is 0 Å². The zero-order valence-corrected chi connectivity index (χ0v) is 28.1. The highest BCUT2D eigenvalue weighted by molar-refractivity contribution is 6.25. The molecule has 52 heavy (non-hydrogen) atoms. The van der Waals surface area contributed by atoms with Crippen molar-refractivity contribution in [2.75, 3.05) is 0 Å². The van der Waals surface area contributed by atoms with Crippen LogP contribution in [0.25, 0.3) is 76.5 Å². The van der Waals surface area contributed by atoms with E-state index in [0.29, 0.717) is 38.6 Å². The number of hydrogen-bond acceptors (Lipinski definition) is 9. The predicted octanol–water partition coefficient (Wildman–Crippen LogP) is 9.58. The molecule has 0 saturated heterocycles. The third-order valence-electron chi connectivity index (χ3n) is 10.5. The molecule has 9 N–H and O–H groups in total. The van der Waals surface area contributed by atoms with Gasteiger partial charge in [0, 0.05) is 22.1 Å². The van der Waals surface area contributed by atoms with Crippen LogP contribution >= 0.6 is 0 Å². The maximum atomic E-state index is 11.8. The first-order chi connectivity index (χ1) is 24.9. The van der Waals surface area contributed by atoms with E-state index >= 15 is 0 Å². The van der Waals surface area contributed by atoms with Gasteiger partial charge in [-0.3, -0.25) is 0 Å². The van der Waals surface area contributed by atoms with Gasteiger partial charge in [0.15, 0.2) is 34.5 Å². The van der Waals surface area contributed by atoms with Gasteiger partial charge < -0.3 is 46.0 Å². The van der Waals surface area contributed by atoms with Crippen molar-refractivity contribution >= 4 is 43.1 Å². The zero-order chi connectivity index (χ0) is 36.9. The summed E-state index contributed by atoms with van der Waals surface area (Å²) in [6.45, 7) is 4.84. The molecule has 0 spiro atoms. The highest BCUT2D eigenvalue weighted by Gasteiger charge is 2.29. The average molecular weight is 693 g/mol. The third-order valence-corrected chi connectivity index (χ3v) is 10.5. The van der Waals surface area contributed by atoms with Crippen LogP contribution in [0.4, 0.5) is 0 Å². The molecule has 9 nitrogen and oxygen atoms in total. The molecule has 258 valence electrons. The van der Waals surface area contributed by atoms with Gasteiger partial charge >= 0.3 is 0 Å². The number of fused-ring (bicyclic) bond motifs is 4. The molecule has 0 aliphatic carbocycles. The fraction of sp³-hybridized carbons (Fsp3) is 0.0698. The van der Waals surface area contributed by atoms with E-state index in [2.05, 4.69) is 0 Å². The summed E-state index contributed by atoms with van der Waals surface area (Å²) in [4.78, 5) is 0. The molecule has 0 fully saturated rings. The van der Waals surface area contributed by atoms with Crippen molar-refractivity contribution in [2.24, 2.45) is 0 Å². The van der Waals surface area contributed by atoms with Crippen LogP contribution in [-0.4, -0.2) is 46.0 Å². The van der Waals surface area contributed by atoms with Gasteiger partial charge in [0.2, 0.25) is 11.5 Å². The fourth-order valence-corrected chi connectivity index (χ4v) is 7.79. The molecule has 0 aliphatic rings. The molecule has 0 heterocycles. The van der Waals surface area contributed by atoms with Gasteiger partial charge in [0.05, 0.1) is 10.9 Å². The minimum absolute atomic E-state index is 0.0118. The first-order valence-electron chi connectivity index (χ1n) is 16.4. The molecule has 0 amide bonds. The topological polar surface area (TPSA) is 182 Å². The summed E-state index contributed by atoms with van der Waals surface area (Å²) in [6, 6.07) is 26.3. The number of benzene rings is 8. The van der Waals surface area contributed by atoms with E-state index < -0.39 is 46.0 Å². The lowest BCUT2D eigenvalue weighted by atomic mass is 9.82. The van der Waals surface area contributed by atoms with Crippen LogP contribution in [0.15, 0.2) is 84.9 Å². The highest BCUT2D eigenvalue weighted by atomic mass is 16.3. The lowest BCUT2D eigenvalue weighted by molar-refractivity contribution is 0.350. The van der Waals surface area contributed by atoms with E-state index in [0.717, 1.165) is 32.7 Å². The summed E-state index contributed by atoms with van der Waals surface area (Å²) in [7, 11) is 0. The number of phenolic OH excluding ortho intramolecular Hbond substituents is 9. The van der Waals surface area contributed by atoms with Crippen molar-refractivity contribution in [1.29, 1.82) is 0 Å². The average Bonchev–Trinajstić information content (AvgIpc) is 3.15. The Bertz CT molecular complexity index is 2790. The van der Waals surface area contributed by atoms with Gasteiger partial charge in [-0.05, 0) is 80.9 Å². The molecule has 0 unspecified atom stereocenters. The van der Waals surface area contributed by atoms with Crippen LogP contribution in [0, 0.1) is 20.8 Å². The second-order valence-corrected chi connectivity index (χ2v) is 13.1. The summed E-state index contributed by atoms with van der Waals surface area (Å²) < 4.78 is 0. The van der Waals surface area contributed by atoms with Crippen LogP contribution in [0.1, 0.15) is 16.7 Å². The molecule has 9 heteroatoms. The van der Waals surface area contributed by atoms with Crippen molar-refractivity contribution in [3.8, 4) is 85.1 Å². The van der Waals surface area contributed by atoms with E-state index in [1.807, 2.05) is 84.9 Å². The SMILES string of the molecule is Cc1c(O)c(O)c(-c2c3ccccc3c(-c3cccc4c(-c5c(C)c(C)c6c(O)c(O)c(O)c(O)c6c5O)cccc34)c3ccccc23)c(O)c1O. The van der Waals surface area contributed by atoms with Crippen molar-refractivity contribution in [1.82, 2.24) is 0 Å². The number of aryl methyl sites for hydroxylation is 1. The normalized spacial score (nSPS) is 11.7.